The Hall–Kier alpha value is -0.990. The molecule has 0 atom stereocenters. The molecule has 0 bridgehead atoms. The summed E-state index contributed by atoms with van der Waals surface area (Å²) in [6.45, 7) is 3.80. The molecule has 0 heterocycles. The van der Waals surface area contributed by atoms with Crippen LogP contribution in [0.2, 0.25) is 0 Å². The van der Waals surface area contributed by atoms with E-state index in [-0.39, 0.29) is 0 Å². The number of rotatable bonds is 5. The van der Waals surface area contributed by atoms with Crippen molar-refractivity contribution < 1.29 is 13.2 Å². The van der Waals surface area contributed by atoms with E-state index in [1.807, 2.05) is 13.8 Å². The topological polar surface area (TPSA) is 0 Å². The summed E-state index contributed by atoms with van der Waals surface area (Å²) in [5, 5.41) is 0. The molecule has 0 fully saturated rings. The minimum atomic E-state index is -2.72. The monoisotopic (exact) mass is 230 g/mol. The van der Waals surface area contributed by atoms with E-state index < -0.39 is 17.8 Å². The Labute approximate surface area is 94.5 Å². The van der Waals surface area contributed by atoms with Crippen LogP contribution in [0.25, 0.3) is 0 Å². The maximum atomic E-state index is 13.8. The predicted octanol–water partition coefficient (Wildman–Crippen LogP) is 4.67. The van der Waals surface area contributed by atoms with Crippen LogP contribution in [0.3, 0.4) is 0 Å². The Morgan fingerprint density at radius 2 is 1.50 bits per heavy atom. The highest BCUT2D eigenvalue weighted by atomic mass is 19.3. The van der Waals surface area contributed by atoms with Gasteiger partial charge < -0.3 is 0 Å². The Bertz CT molecular complexity index is 345. The Morgan fingerprint density at radius 1 is 1.00 bits per heavy atom. The van der Waals surface area contributed by atoms with Gasteiger partial charge in [-0.15, -0.1) is 0 Å². The van der Waals surface area contributed by atoms with Gasteiger partial charge in [0.05, 0.1) is 5.56 Å². The number of benzene rings is 1. The molecule has 1 aromatic carbocycles. The molecule has 0 amide bonds. The van der Waals surface area contributed by atoms with Gasteiger partial charge in [0.2, 0.25) is 0 Å². The average Bonchev–Trinajstić information content (AvgIpc) is 2.22. The lowest BCUT2D eigenvalue weighted by Gasteiger charge is -2.12. The van der Waals surface area contributed by atoms with Gasteiger partial charge in [-0.3, -0.25) is 0 Å². The standard InChI is InChI=1S/C13H17F3/c1-3-5-9-7-8-10(6-4-2)12(14)11(9)13(15)16/h7-8,13H,3-6H2,1-2H3. The average molecular weight is 230 g/mol. The normalized spacial score (nSPS) is 11.1. The summed E-state index contributed by atoms with van der Waals surface area (Å²) >= 11 is 0. The zero-order chi connectivity index (χ0) is 12.1. The maximum absolute atomic E-state index is 13.8. The van der Waals surface area contributed by atoms with Gasteiger partial charge in [-0.25, -0.2) is 13.2 Å². The van der Waals surface area contributed by atoms with E-state index in [9.17, 15) is 13.2 Å². The fourth-order valence-corrected chi connectivity index (χ4v) is 1.86. The molecule has 0 unspecified atom stereocenters. The molecule has 0 radical (unpaired) electrons. The molecule has 0 aliphatic rings. The summed E-state index contributed by atoms with van der Waals surface area (Å²) in [5.74, 6) is -0.706. The summed E-state index contributed by atoms with van der Waals surface area (Å²) in [6.07, 6.45) is -0.210. The van der Waals surface area contributed by atoms with Crippen molar-refractivity contribution >= 4 is 0 Å². The van der Waals surface area contributed by atoms with Crippen LogP contribution >= 0.6 is 0 Å². The molecular formula is C13H17F3. The van der Waals surface area contributed by atoms with Crippen molar-refractivity contribution in [1.82, 2.24) is 0 Å². The lowest BCUT2D eigenvalue weighted by Crippen LogP contribution is -2.03. The van der Waals surface area contributed by atoms with Crippen molar-refractivity contribution in [2.24, 2.45) is 0 Å². The molecule has 90 valence electrons. The molecule has 0 spiro atoms. The first-order chi connectivity index (χ1) is 7.61. The number of aryl methyl sites for hydroxylation is 2. The summed E-state index contributed by atoms with van der Waals surface area (Å²) in [7, 11) is 0. The van der Waals surface area contributed by atoms with E-state index in [0.717, 1.165) is 12.8 Å². The predicted molar refractivity (Wildman–Crippen MR) is 59.3 cm³/mol. The molecule has 0 saturated heterocycles. The molecule has 0 aliphatic heterocycles. The minimum Gasteiger partial charge on any atom is -0.206 e. The van der Waals surface area contributed by atoms with Gasteiger partial charge in [-0.1, -0.05) is 38.8 Å². The quantitative estimate of drug-likeness (QED) is 0.689. The van der Waals surface area contributed by atoms with Gasteiger partial charge in [-0.2, -0.15) is 0 Å². The van der Waals surface area contributed by atoms with Gasteiger partial charge in [0.15, 0.2) is 0 Å². The smallest absolute Gasteiger partial charge is 0.206 e. The Kier molecular flexibility index (Phi) is 4.84. The first-order valence-electron chi connectivity index (χ1n) is 5.70. The van der Waals surface area contributed by atoms with Crippen LogP contribution in [0, 0.1) is 5.82 Å². The van der Waals surface area contributed by atoms with Gasteiger partial charge >= 0.3 is 0 Å². The highest BCUT2D eigenvalue weighted by molar-refractivity contribution is 5.35. The third kappa shape index (κ3) is 2.77. The highest BCUT2D eigenvalue weighted by Gasteiger charge is 2.20. The van der Waals surface area contributed by atoms with E-state index in [2.05, 4.69) is 0 Å². The number of alkyl halides is 2. The van der Waals surface area contributed by atoms with Crippen LogP contribution in [0.5, 0.6) is 0 Å². The van der Waals surface area contributed by atoms with Crippen LogP contribution in [-0.2, 0) is 12.8 Å². The van der Waals surface area contributed by atoms with Crippen molar-refractivity contribution in [3.8, 4) is 0 Å². The second kappa shape index (κ2) is 5.92. The van der Waals surface area contributed by atoms with Crippen LogP contribution in [0.1, 0.15) is 49.8 Å². The fourth-order valence-electron chi connectivity index (χ4n) is 1.86. The number of halogens is 3. The lowest BCUT2D eigenvalue weighted by molar-refractivity contribution is 0.145. The molecule has 0 saturated carbocycles. The molecule has 1 rings (SSSR count). The second-order valence-corrected chi connectivity index (χ2v) is 3.91. The summed E-state index contributed by atoms with van der Waals surface area (Å²) in [6, 6.07) is 3.27. The summed E-state index contributed by atoms with van der Waals surface area (Å²) in [5.41, 5.74) is 0.445. The Morgan fingerprint density at radius 3 is 2.00 bits per heavy atom. The number of hydrogen-bond donors (Lipinski definition) is 0. The van der Waals surface area contributed by atoms with Crippen molar-refractivity contribution in [2.75, 3.05) is 0 Å². The first kappa shape index (κ1) is 13.1. The van der Waals surface area contributed by atoms with Gasteiger partial charge in [0, 0.05) is 0 Å². The molecular weight excluding hydrogens is 213 g/mol. The van der Waals surface area contributed by atoms with Crippen LogP contribution < -0.4 is 0 Å². The second-order valence-electron chi connectivity index (χ2n) is 3.91. The third-order valence-corrected chi connectivity index (χ3v) is 2.61. The van der Waals surface area contributed by atoms with E-state index in [1.165, 1.54) is 0 Å². The zero-order valence-electron chi connectivity index (χ0n) is 9.69. The minimum absolute atomic E-state index is 0.396. The summed E-state index contributed by atoms with van der Waals surface area (Å²) in [4.78, 5) is 0. The van der Waals surface area contributed by atoms with Crippen molar-refractivity contribution in [3.05, 3.63) is 34.6 Å². The summed E-state index contributed by atoms with van der Waals surface area (Å²) < 4.78 is 39.4. The van der Waals surface area contributed by atoms with Gasteiger partial charge in [0.25, 0.3) is 6.43 Å². The molecule has 1 aromatic rings. The van der Waals surface area contributed by atoms with E-state index in [1.54, 1.807) is 12.1 Å². The van der Waals surface area contributed by atoms with Gasteiger partial charge in [0.1, 0.15) is 5.82 Å². The molecule has 3 heteroatoms. The molecule has 0 aliphatic carbocycles. The van der Waals surface area contributed by atoms with E-state index >= 15 is 0 Å². The lowest BCUT2D eigenvalue weighted by atomic mass is 9.98. The highest BCUT2D eigenvalue weighted by Crippen LogP contribution is 2.29. The van der Waals surface area contributed by atoms with Crippen molar-refractivity contribution in [3.63, 3.8) is 0 Å². The van der Waals surface area contributed by atoms with E-state index in [4.69, 9.17) is 0 Å². The van der Waals surface area contributed by atoms with E-state index in [0.29, 0.717) is 24.0 Å². The van der Waals surface area contributed by atoms with Crippen LogP contribution in [-0.4, -0.2) is 0 Å². The maximum Gasteiger partial charge on any atom is 0.266 e. The SMILES string of the molecule is CCCc1ccc(CCC)c(C(F)F)c1F. The molecule has 0 N–H and O–H groups in total. The van der Waals surface area contributed by atoms with Crippen LogP contribution in [0.4, 0.5) is 13.2 Å². The first-order valence-corrected chi connectivity index (χ1v) is 5.70. The molecule has 16 heavy (non-hydrogen) atoms. The van der Waals surface area contributed by atoms with Crippen molar-refractivity contribution in [2.45, 2.75) is 46.0 Å². The number of hydrogen-bond acceptors (Lipinski definition) is 0. The molecule has 0 nitrogen and oxygen atoms in total. The van der Waals surface area contributed by atoms with Gasteiger partial charge in [-0.05, 0) is 24.0 Å². The Balaban J connectivity index is 3.18. The largest absolute Gasteiger partial charge is 0.266 e. The fraction of sp³-hybridized carbons (Fsp3) is 0.538. The van der Waals surface area contributed by atoms with Crippen molar-refractivity contribution in [1.29, 1.82) is 0 Å². The molecule has 0 aromatic heterocycles. The zero-order valence-corrected chi connectivity index (χ0v) is 9.69. The van der Waals surface area contributed by atoms with Crippen LogP contribution in [0.15, 0.2) is 12.1 Å². The third-order valence-electron chi connectivity index (χ3n) is 2.61.